The number of carbonyl (C=O) groups is 1. The van der Waals surface area contributed by atoms with Crippen LogP contribution in [0.25, 0.3) is 0 Å². The Hall–Kier alpha value is -1.71. The molecule has 0 bridgehead atoms. The summed E-state index contributed by atoms with van der Waals surface area (Å²) < 4.78 is 0. The molecule has 0 radical (unpaired) electrons. The first-order chi connectivity index (χ1) is 9.15. The van der Waals surface area contributed by atoms with E-state index in [2.05, 4.69) is 39.8 Å². The van der Waals surface area contributed by atoms with E-state index in [4.69, 9.17) is 0 Å². The minimum atomic E-state index is -0.0227. The van der Waals surface area contributed by atoms with Gasteiger partial charge in [0.15, 0.2) is 0 Å². The Kier molecular flexibility index (Phi) is 4.66. The molecule has 1 aromatic rings. The van der Waals surface area contributed by atoms with Crippen molar-refractivity contribution in [2.45, 2.75) is 31.7 Å². The van der Waals surface area contributed by atoms with Crippen LogP contribution in [0.2, 0.25) is 0 Å². The molecule has 1 aliphatic carbocycles. The molecule has 0 spiro atoms. The molecule has 2 rings (SSSR count). The number of aryl methyl sites for hydroxylation is 1. The van der Waals surface area contributed by atoms with Gasteiger partial charge in [-0.2, -0.15) is 0 Å². The van der Waals surface area contributed by atoms with E-state index in [0.29, 0.717) is 6.04 Å². The zero-order valence-corrected chi connectivity index (χ0v) is 11.8. The van der Waals surface area contributed by atoms with Crippen LogP contribution < -0.4 is 15.5 Å². The van der Waals surface area contributed by atoms with Gasteiger partial charge in [-0.1, -0.05) is 12.1 Å². The third-order valence-corrected chi connectivity index (χ3v) is 3.29. The number of urea groups is 1. The number of nitrogens with one attached hydrogen (secondary N) is 2. The van der Waals surface area contributed by atoms with Crippen LogP contribution in [0, 0.1) is 0 Å². The minimum Gasteiger partial charge on any atom is -0.378 e. The smallest absolute Gasteiger partial charge is 0.315 e. The molecular weight excluding hydrogens is 238 g/mol. The fourth-order valence-corrected chi connectivity index (χ4v) is 1.92. The normalized spacial score (nSPS) is 14.0. The second-order valence-electron chi connectivity index (χ2n) is 5.34. The van der Waals surface area contributed by atoms with Crippen LogP contribution in [0.4, 0.5) is 10.5 Å². The Labute approximate surface area is 115 Å². The number of anilines is 1. The summed E-state index contributed by atoms with van der Waals surface area (Å²) in [6.07, 6.45) is 4.23. The molecule has 4 nitrogen and oxygen atoms in total. The van der Waals surface area contributed by atoms with Gasteiger partial charge >= 0.3 is 6.03 Å². The molecular formula is C15H23N3O. The molecule has 0 aliphatic heterocycles. The quantitative estimate of drug-likeness (QED) is 0.771. The third-order valence-electron chi connectivity index (χ3n) is 3.29. The monoisotopic (exact) mass is 261 g/mol. The van der Waals surface area contributed by atoms with Gasteiger partial charge in [0, 0.05) is 32.4 Å². The van der Waals surface area contributed by atoms with Crippen molar-refractivity contribution in [3.05, 3.63) is 29.8 Å². The SMILES string of the molecule is CN(C)c1ccc(CCCNC(=O)NC2CC2)cc1. The van der Waals surface area contributed by atoms with Gasteiger partial charge in [0.2, 0.25) is 0 Å². The van der Waals surface area contributed by atoms with Gasteiger partial charge in [0.05, 0.1) is 0 Å². The predicted octanol–water partition coefficient (Wildman–Crippen LogP) is 2.15. The summed E-state index contributed by atoms with van der Waals surface area (Å²) in [4.78, 5) is 13.5. The van der Waals surface area contributed by atoms with Crippen molar-refractivity contribution in [1.82, 2.24) is 10.6 Å². The highest BCUT2D eigenvalue weighted by Crippen LogP contribution is 2.18. The lowest BCUT2D eigenvalue weighted by Crippen LogP contribution is -2.37. The van der Waals surface area contributed by atoms with Crippen LogP contribution in [0.3, 0.4) is 0 Å². The van der Waals surface area contributed by atoms with Gasteiger partial charge < -0.3 is 15.5 Å². The van der Waals surface area contributed by atoms with Crippen molar-refractivity contribution in [3.8, 4) is 0 Å². The van der Waals surface area contributed by atoms with E-state index in [1.165, 1.54) is 11.3 Å². The molecule has 1 aromatic carbocycles. The number of amides is 2. The van der Waals surface area contributed by atoms with Crippen LogP contribution in [-0.2, 0) is 6.42 Å². The molecule has 4 heteroatoms. The number of carbonyl (C=O) groups excluding carboxylic acids is 1. The molecule has 1 aliphatic rings. The first-order valence-corrected chi connectivity index (χ1v) is 6.96. The first kappa shape index (κ1) is 13.7. The molecule has 19 heavy (non-hydrogen) atoms. The summed E-state index contributed by atoms with van der Waals surface area (Å²) in [5, 5.41) is 5.81. The van der Waals surface area contributed by atoms with Crippen molar-refractivity contribution >= 4 is 11.7 Å². The second-order valence-corrected chi connectivity index (χ2v) is 5.34. The molecule has 2 N–H and O–H groups in total. The lowest BCUT2D eigenvalue weighted by atomic mass is 10.1. The fourth-order valence-electron chi connectivity index (χ4n) is 1.92. The van der Waals surface area contributed by atoms with Crippen LogP contribution in [0.1, 0.15) is 24.8 Å². The van der Waals surface area contributed by atoms with E-state index in [1.54, 1.807) is 0 Å². The van der Waals surface area contributed by atoms with Crippen molar-refractivity contribution in [2.75, 3.05) is 25.5 Å². The highest BCUT2D eigenvalue weighted by atomic mass is 16.2. The van der Waals surface area contributed by atoms with Crippen molar-refractivity contribution in [1.29, 1.82) is 0 Å². The second kappa shape index (κ2) is 6.45. The molecule has 0 heterocycles. The summed E-state index contributed by atoms with van der Waals surface area (Å²) in [6, 6.07) is 8.97. The Morgan fingerprint density at radius 2 is 1.95 bits per heavy atom. The predicted molar refractivity (Wildman–Crippen MR) is 78.6 cm³/mol. The maximum atomic E-state index is 11.4. The summed E-state index contributed by atoms with van der Waals surface area (Å²) in [7, 11) is 4.08. The van der Waals surface area contributed by atoms with Gasteiger partial charge in [-0.25, -0.2) is 4.79 Å². The Morgan fingerprint density at radius 1 is 1.26 bits per heavy atom. The van der Waals surface area contributed by atoms with Crippen molar-refractivity contribution in [2.24, 2.45) is 0 Å². The van der Waals surface area contributed by atoms with Crippen LogP contribution in [0.15, 0.2) is 24.3 Å². The molecule has 104 valence electrons. The highest BCUT2D eigenvalue weighted by molar-refractivity contribution is 5.74. The fraction of sp³-hybridized carbons (Fsp3) is 0.533. The summed E-state index contributed by atoms with van der Waals surface area (Å²) in [5.41, 5.74) is 2.53. The molecule has 0 atom stereocenters. The van der Waals surface area contributed by atoms with Gasteiger partial charge in [-0.15, -0.1) is 0 Å². The lowest BCUT2D eigenvalue weighted by Gasteiger charge is -2.12. The average Bonchev–Trinajstić information content (AvgIpc) is 3.19. The van der Waals surface area contributed by atoms with E-state index in [0.717, 1.165) is 32.2 Å². The maximum absolute atomic E-state index is 11.4. The zero-order chi connectivity index (χ0) is 13.7. The molecule has 0 aromatic heterocycles. The Morgan fingerprint density at radius 3 is 2.53 bits per heavy atom. The highest BCUT2D eigenvalue weighted by Gasteiger charge is 2.22. The minimum absolute atomic E-state index is 0.0227. The van der Waals surface area contributed by atoms with Crippen LogP contribution >= 0.6 is 0 Å². The Bertz CT molecular complexity index is 410. The standard InChI is InChI=1S/C15H23N3O/c1-18(2)14-9-5-12(6-10-14)4-3-11-16-15(19)17-13-7-8-13/h5-6,9-10,13H,3-4,7-8,11H2,1-2H3,(H2,16,17,19). The van der Waals surface area contributed by atoms with Gasteiger partial charge in [-0.3, -0.25) is 0 Å². The largest absolute Gasteiger partial charge is 0.378 e. The molecule has 1 fully saturated rings. The summed E-state index contributed by atoms with van der Waals surface area (Å²) >= 11 is 0. The van der Waals surface area contributed by atoms with Gasteiger partial charge in [0.25, 0.3) is 0 Å². The van der Waals surface area contributed by atoms with E-state index < -0.39 is 0 Å². The number of benzene rings is 1. The zero-order valence-electron chi connectivity index (χ0n) is 11.8. The van der Waals surface area contributed by atoms with E-state index >= 15 is 0 Å². The average molecular weight is 261 g/mol. The number of hydrogen-bond acceptors (Lipinski definition) is 2. The Balaban J connectivity index is 1.63. The molecule has 0 unspecified atom stereocenters. The molecule has 2 amide bonds. The number of nitrogens with zero attached hydrogens (tertiary/aromatic N) is 1. The van der Waals surface area contributed by atoms with Gasteiger partial charge in [0.1, 0.15) is 0 Å². The van der Waals surface area contributed by atoms with Crippen molar-refractivity contribution < 1.29 is 4.79 Å². The molecule has 1 saturated carbocycles. The van der Waals surface area contributed by atoms with E-state index in [-0.39, 0.29) is 6.03 Å². The summed E-state index contributed by atoms with van der Waals surface area (Å²) in [6.45, 7) is 0.730. The maximum Gasteiger partial charge on any atom is 0.315 e. The number of hydrogen-bond donors (Lipinski definition) is 2. The number of rotatable bonds is 6. The van der Waals surface area contributed by atoms with Crippen LogP contribution in [0.5, 0.6) is 0 Å². The summed E-state index contributed by atoms with van der Waals surface area (Å²) in [5.74, 6) is 0. The lowest BCUT2D eigenvalue weighted by molar-refractivity contribution is 0.240. The van der Waals surface area contributed by atoms with E-state index in [9.17, 15) is 4.79 Å². The topological polar surface area (TPSA) is 44.4 Å². The van der Waals surface area contributed by atoms with Crippen LogP contribution in [-0.4, -0.2) is 32.7 Å². The van der Waals surface area contributed by atoms with Gasteiger partial charge in [-0.05, 0) is 43.4 Å². The van der Waals surface area contributed by atoms with E-state index in [1.807, 2.05) is 14.1 Å². The molecule has 0 saturated heterocycles. The third kappa shape index (κ3) is 4.81. The first-order valence-electron chi connectivity index (χ1n) is 6.96. The van der Waals surface area contributed by atoms with Crippen molar-refractivity contribution in [3.63, 3.8) is 0 Å².